The van der Waals surface area contributed by atoms with Crippen molar-refractivity contribution < 1.29 is 14.6 Å². The summed E-state index contributed by atoms with van der Waals surface area (Å²) < 4.78 is 6.06. The lowest BCUT2D eigenvalue weighted by Gasteiger charge is -2.19. The molecule has 0 aliphatic carbocycles. The average molecular weight is 344 g/mol. The van der Waals surface area contributed by atoms with E-state index in [1.807, 2.05) is 32.0 Å². The number of aliphatic hydroxyl groups excluding tert-OH is 1. The molecule has 0 radical (unpaired) electrons. The third kappa shape index (κ3) is 5.13. The van der Waals surface area contributed by atoms with Gasteiger partial charge in [-0.05, 0) is 52.9 Å². The molecule has 2 N–H and O–H groups in total. The highest BCUT2D eigenvalue weighted by Gasteiger charge is 2.13. The maximum Gasteiger partial charge on any atom is 0.220 e. The van der Waals surface area contributed by atoms with Crippen LogP contribution in [0.5, 0.6) is 5.75 Å². The molecule has 2 atom stereocenters. The quantitative estimate of drug-likeness (QED) is 0.799. The molecule has 0 heterocycles. The molecule has 112 valence electrons. The maximum absolute atomic E-state index is 11.8. The zero-order valence-electron chi connectivity index (χ0n) is 12.1. The Labute approximate surface area is 128 Å². The molecule has 1 aromatic rings. The van der Waals surface area contributed by atoms with Crippen LogP contribution in [0.1, 0.15) is 25.8 Å². The van der Waals surface area contributed by atoms with E-state index in [1.165, 1.54) is 0 Å². The van der Waals surface area contributed by atoms with Gasteiger partial charge in [0.05, 0.1) is 11.6 Å². The molecule has 0 bridgehead atoms. The van der Waals surface area contributed by atoms with Crippen molar-refractivity contribution in [3.63, 3.8) is 0 Å². The normalized spacial score (nSPS) is 13.7. The molecule has 5 heteroatoms. The number of hydrogen-bond donors (Lipinski definition) is 2. The predicted molar refractivity (Wildman–Crippen MR) is 82.9 cm³/mol. The van der Waals surface area contributed by atoms with Gasteiger partial charge in [-0.1, -0.05) is 13.0 Å². The van der Waals surface area contributed by atoms with E-state index in [4.69, 9.17) is 9.84 Å². The fourth-order valence-electron chi connectivity index (χ4n) is 1.75. The van der Waals surface area contributed by atoms with E-state index in [-0.39, 0.29) is 24.5 Å². The number of aryl methyl sites for hydroxylation is 1. The molecule has 1 aromatic carbocycles. The first-order valence-corrected chi connectivity index (χ1v) is 7.49. The van der Waals surface area contributed by atoms with E-state index in [1.54, 1.807) is 7.11 Å². The van der Waals surface area contributed by atoms with Crippen molar-refractivity contribution in [2.24, 2.45) is 5.92 Å². The van der Waals surface area contributed by atoms with E-state index in [9.17, 15) is 4.79 Å². The summed E-state index contributed by atoms with van der Waals surface area (Å²) in [6, 6.07) is 5.78. The number of carbonyl (C=O) groups excluding carboxylic acids is 1. The molecule has 0 saturated heterocycles. The van der Waals surface area contributed by atoms with E-state index >= 15 is 0 Å². The predicted octanol–water partition coefficient (Wildman–Crippen LogP) is 2.52. The summed E-state index contributed by atoms with van der Waals surface area (Å²) in [4.78, 5) is 11.8. The molecular weight excluding hydrogens is 322 g/mol. The van der Waals surface area contributed by atoms with Crippen LogP contribution in [-0.2, 0) is 11.2 Å². The van der Waals surface area contributed by atoms with Crippen LogP contribution in [0.4, 0.5) is 0 Å². The van der Waals surface area contributed by atoms with Crippen LogP contribution in [0.25, 0.3) is 0 Å². The number of nitrogens with one attached hydrogen (secondary N) is 1. The molecule has 1 amide bonds. The second-order valence-corrected chi connectivity index (χ2v) is 5.84. The number of halogens is 1. The molecular formula is C15H22BrNO3. The van der Waals surface area contributed by atoms with Crippen LogP contribution in [0.3, 0.4) is 0 Å². The first-order chi connectivity index (χ1) is 9.47. The second kappa shape index (κ2) is 8.27. The zero-order chi connectivity index (χ0) is 15.1. The summed E-state index contributed by atoms with van der Waals surface area (Å²) in [5.41, 5.74) is 1.08. The van der Waals surface area contributed by atoms with Gasteiger partial charge in [0.2, 0.25) is 5.91 Å². The summed E-state index contributed by atoms with van der Waals surface area (Å²) >= 11 is 3.43. The minimum atomic E-state index is -0.0184. The van der Waals surface area contributed by atoms with Crippen LogP contribution in [0.2, 0.25) is 0 Å². The van der Waals surface area contributed by atoms with Gasteiger partial charge in [0, 0.05) is 19.1 Å². The number of aliphatic hydroxyl groups is 1. The Morgan fingerprint density at radius 2 is 2.15 bits per heavy atom. The molecule has 0 fully saturated rings. The monoisotopic (exact) mass is 343 g/mol. The van der Waals surface area contributed by atoms with Crippen LogP contribution in [-0.4, -0.2) is 30.8 Å². The Balaban J connectivity index is 2.47. The van der Waals surface area contributed by atoms with Gasteiger partial charge in [-0.3, -0.25) is 4.79 Å². The van der Waals surface area contributed by atoms with E-state index in [0.29, 0.717) is 12.8 Å². The lowest BCUT2D eigenvalue weighted by molar-refractivity contribution is -0.122. The number of methoxy groups -OCH3 is 1. The summed E-state index contributed by atoms with van der Waals surface area (Å²) in [6.07, 6.45) is 1.11. The summed E-state index contributed by atoms with van der Waals surface area (Å²) in [5.74, 6) is 0.849. The first-order valence-electron chi connectivity index (χ1n) is 6.70. The van der Waals surface area contributed by atoms with Crippen molar-refractivity contribution in [2.75, 3.05) is 13.7 Å². The lowest BCUT2D eigenvalue weighted by atomic mass is 10.0. The summed E-state index contributed by atoms with van der Waals surface area (Å²) in [5, 5.41) is 11.9. The second-order valence-electron chi connectivity index (χ2n) is 4.98. The molecule has 0 spiro atoms. The first kappa shape index (κ1) is 17.0. The van der Waals surface area contributed by atoms with Crippen molar-refractivity contribution in [3.05, 3.63) is 28.2 Å². The Morgan fingerprint density at radius 3 is 2.70 bits per heavy atom. The van der Waals surface area contributed by atoms with Crippen LogP contribution in [0.15, 0.2) is 22.7 Å². The topological polar surface area (TPSA) is 58.6 Å². The minimum absolute atomic E-state index is 0.00439. The molecule has 0 aromatic heterocycles. The average Bonchev–Trinajstić information content (AvgIpc) is 2.44. The smallest absolute Gasteiger partial charge is 0.220 e. The maximum atomic E-state index is 11.8. The molecule has 0 saturated carbocycles. The Kier molecular flexibility index (Phi) is 7.02. The third-order valence-electron chi connectivity index (χ3n) is 3.39. The SMILES string of the molecule is COc1ccc(CCC(=O)NC(C)C(C)CO)cc1Br. The van der Waals surface area contributed by atoms with E-state index in [2.05, 4.69) is 21.2 Å². The molecule has 2 unspecified atom stereocenters. The number of hydrogen-bond acceptors (Lipinski definition) is 3. The number of amides is 1. The molecule has 0 aliphatic rings. The number of carbonyl (C=O) groups is 1. The van der Waals surface area contributed by atoms with Crippen molar-refractivity contribution in [1.82, 2.24) is 5.32 Å². The van der Waals surface area contributed by atoms with Crippen LogP contribution in [0, 0.1) is 5.92 Å². The van der Waals surface area contributed by atoms with Crippen molar-refractivity contribution >= 4 is 21.8 Å². The highest BCUT2D eigenvalue weighted by Crippen LogP contribution is 2.25. The van der Waals surface area contributed by atoms with E-state index in [0.717, 1.165) is 15.8 Å². The van der Waals surface area contributed by atoms with E-state index < -0.39 is 0 Å². The van der Waals surface area contributed by atoms with Gasteiger partial charge in [-0.2, -0.15) is 0 Å². The molecule has 0 aliphatic heterocycles. The fraction of sp³-hybridized carbons (Fsp3) is 0.533. The molecule has 20 heavy (non-hydrogen) atoms. The molecule has 4 nitrogen and oxygen atoms in total. The van der Waals surface area contributed by atoms with Gasteiger partial charge in [-0.15, -0.1) is 0 Å². The number of benzene rings is 1. The van der Waals surface area contributed by atoms with Crippen LogP contribution < -0.4 is 10.1 Å². The summed E-state index contributed by atoms with van der Waals surface area (Å²) in [6.45, 7) is 3.89. The van der Waals surface area contributed by atoms with Gasteiger partial charge < -0.3 is 15.2 Å². The van der Waals surface area contributed by atoms with Gasteiger partial charge in [0.25, 0.3) is 0 Å². The highest BCUT2D eigenvalue weighted by molar-refractivity contribution is 9.10. The molecule has 1 rings (SSSR count). The third-order valence-corrected chi connectivity index (χ3v) is 4.01. The fourth-order valence-corrected chi connectivity index (χ4v) is 2.34. The number of rotatable bonds is 7. The van der Waals surface area contributed by atoms with Gasteiger partial charge in [0.15, 0.2) is 0 Å². The van der Waals surface area contributed by atoms with Crippen molar-refractivity contribution in [1.29, 1.82) is 0 Å². The van der Waals surface area contributed by atoms with Gasteiger partial charge >= 0.3 is 0 Å². The Morgan fingerprint density at radius 1 is 1.45 bits per heavy atom. The lowest BCUT2D eigenvalue weighted by Crippen LogP contribution is -2.38. The van der Waals surface area contributed by atoms with Gasteiger partial charge in [-0.25, -0.2) is 0 Å². The summed E-state index contributed by atoms with van der Waals surface area (Å²) in [7, 11) is 1.62. The largest absolute Gasteiger partial charge is 0.496 e. The van der Waals surface area contributed by atoms with Crippen molar-refractivity contribution in [2.45, 2.75) is 32.7 Å². The number of ether oxygens (including phenoxy) is 1. The highest BCUT2D eigenvalue weighted by atomic mass is 79.9. The Bertz CT molecular complexity index is 451. The van der Waals surface area contributed by atoms with Gasteiger partial charge in [0.1, 0.15) is 5.75 Å². The van der Waals surface area contributed by atoms with Crippen molar-refractivity contribution in [3.8, 4) is 5.75 Å². The minimum Gasteiger partial charge on any atom is -0.496 e. The zero-order valence-corrected chi connectivity index (χ0v) is 13.7. The van der Waals surface area contributed by atoms with Crippen LogP contribution >= 0.6 is 15.9 Å². The standard InChI is InChI=1S/C15H22BrNO3/c1-10(9-18)11(2)17-15(19)7-5-12-4-6-14(20-3)13(16)8-12/h4,6,8,10-11,18H,5,7,9H2,1-3H3,(H,17,19). The Hall–Kier alpha value is -1.07.